The molecule has 1 N–H and O–H groups in total. The standard InChI is InChI=1S/C6H9N3OS3/c1-7-4(10)3-12-6-8-5(11-2)9-13-6/h3H2,1-2H3,(H,7,10). The fraction of sp³-hybridized carbons (Fsp3) is 0.500. The number of thioether (sulfide) groups is 2. The minimum absolute atomic E-state index is 0.00546. The number of hydrogen-bond acceptors (Lipinski definition) is 6. The van der Waals surface area contributed by atoms with Crippen LogP contribution in [0.5, 0.6) is 0 Å². The summed E-state index contributed by atoms with van der Waals surface area (Å²) in [6, 6.07) is 0. The van der Waals surface area contributed by atoms with Gasteiger partial charge in [0.05, 0.1) is 5.75 Å². The second kappa shape index (κ2) is 5.46. The molecule has 72 valence electrons. The highest BCUT2D eigenvalue weighted by Crippen LogP contribution is 2.22. The lowest BCUT2D eigenvalue weighted by Crippen LogP contribution is -2.19. The predicted octanol–water partition coefficient (Wildman–Crippen LogP) is 1.10. The summed E-state index contributed by atoms with van der Waals surface area (Å²) in [5, 5.41) is 3.32. The van der Waals surface area contributed by atoms with Gasteiger partial charge in [0.1, 0.15) is 0 Å². The van der Waals surface area contributed by atoms with E-state index >= 15 is 0 Å². The van der Waals surface area contributed by atoms with E-state index in [4.69, 9.17) is 0 Å². The molecule has 0 saturated carbocycles. The molecule has 1 rings (SSSR count). The molecule has 0 aromatic carbocycles. The molecule has 1 amide bonds. The average molecular weight is 235 g/mol. The van der Waals surface area contributed by atoms with E-state index in [0.29, 0.717) is 5.75 Å². The van der Waals surface area contributed by atoms with Gasteiger partial charge in [0, 0.05) is 7.05 Å². The molecule has 0 unspecified atom stereocenters. The van der Waals surface area contributed by atoms with Gasteiger partial charge in [-0.05, 0) is 17.8 Å². The number of aromatic nitrogens is 2. The second-order valence-corrected chi connectivity index (χ2v) is 4.76. The van der Waals surface area contributed by atoms with Gasteiger partial charge in [-0.2, -0.15) is 4.37 Å². The third kappa shape index (κ3) is 3.53. The van der Waals surface area contributed by atoms with Crippen molar-refractivity contribution in [2.24, 2.45) is 0 Å². The first-order valence-corrected chi connectivity index (χ1v) is 6.45. The zero-order chi connectivity index (χ0) is 9.68. The van der Waals surface area contributed by atoms with Crippen LogP contribution in [0.1, 0.15) is 0 Å². The predicted molar refractivity (Wildman–Crippen MR) is 56.5 cm³/mol. The van der Waals surface area contributed by atoms with Crippen LogP contribution < -0.4 is 5.32 Å². The van der Waals surface area contributed by atoms with Gasteiger partial charge >= 0.3 is 0 Å². The van der Waals surface area contributed by atoms with E-state index in [2.05, 4.69) is 14.7 Å². The molecule has 0 fully saturated rings. The van der Waals surface area contributed by atoms with E-state index in [9.17, 15) is 4.79 Å². The minimum Gasteiger partial charge on any atom is -0.358 e. The summed E-state index contributed by atoms with van der Waals surface area (Å²) in [4.78, 5) is 15.1. The molecule has 0 spiro atoms. The van der Waals surface area contributed by atoms with E-state index in [0.717, 1.165) is 9.50 Å². The molecule has 1 aromatic rings. The summed E-state index contributed by atoms with van der Waals surface area (Å²) in [6.45, 7) is 0. The van der Waals surface area contributed by atoms with Gasteiger partial charge in [0.15, 0.2) is 4.34 Å². The normalized spacial score (nSPS) is 10.0. The summed E-state index contributed by atoms with van der Waals surface area (Å²) >= 11 is 4.24. The number of hydrogen-bond donors (Lipinski definition) is 1. The second-order valence-electron chi connectivity index (χ2n) is 2.01. The van der Waals surface area contributed by atoms with Gasteiger partial charge in [-0.3, -0.25) is 4.79 Å². The van der Waals surface area contributed by atoms with Crippen molar-refractivity contribution in [3.05, 3.63) is 0 Å². The molecular weight excluding hydrogens is 226 g/mol. The Morgan fingerprint density at radius 2 is 2.46 bits per heavy atom. The van der Waals surface area contributed by atoms with Crippen LogP contribution in [0, 0.1) is 0 Å². The van der Waals surface area contributed by atoms with E-state index in [1.807, 2.05) is 6.26 Å². The van der Waals surface area contributed by atoms with Crippen molar-refractivity contribution < 1.29 is 4.79 Å². The van der Waals surface area contributed by atoms with Crippen LogP contribution in [0.25, 0.3) is 0 Å². The van der Waals surface area contributed by atoms with Crippen molar-refractivity contribution in [3.63, 3.8) is 0 Å². The van der Waals surface area contributed by atoms with Gasteiger partial charge in [0.2, 0.25) is 11.1 Å². The van der Waals surface area contributed by atoms with Crippen molar-refractivity contribution in [2.45, 2.75) is 9.50 Å². The Bertz CT molecular complexity index is 288. The Balaban J connectivity index is 2.41. The quantitative estimate of drug-likeness (QED) is 0.792. The average Bonchev–Trinajstić information content (AvgIpc) is 2.61. The largest absolute Gasteiger partial charge is 0.358 e. The summed E-state index contributed by atoms with van der Waals surface area (Å²) in [5.74, 6) is 0.408. The van der Waals surface area contributed by atoms with Gasteiger partial charge in [0.25, 0.3) is 0 Å². The Hall–Kier alpha value is -0.270. The maximum Gasteiger partial charge on any atom is 0.230 e. The molecule has 1 heterocycles. The summed E-state index contributed by atoms with van der Waals surface area (Å²) in [5.41, 5.74) is 0. The summed E-state index contributed by atoms with van der Waals surface area (Å²) < 4.78 is 4.92. The highest BCUT2D eigenvalue weighted by atomic mass is 32.2. The smallest absolute Gasteiger partial charge is 0.230 e. The van der Waals surface area contributed by atoms with E-state index in [1.54, 1.807) is 7.05 Å². The molecule has 0 aliphatic carbocycles. The fourth-order valence-corrected chi connectivity index (χ4v) is 2.62. The van der Waals surface area contributed by atoms with Crippen LogP contribution in [0.2, 0.25) is 0 Å². The molecule has 0 aliphatic heterocycles. The van der Waals surface area contributed by atoms with Crippen LogP contribution in [-0.4, -0.2) is 34.3 Å². The molecule has 0 atom stereocenters. The molecule has 0 radical (unpaired) electrons. The number of amides is 1. The zero-order valence-corrected chi connectivity index (χ0v) is 9.68. The first-order chi connectivity index (χ1) is 6.26. The zero-order valence-electron chi connectivity index (χ0n) is 7.23. The van der Waals surface area contributed by atoms with Gasteiger partial charge in [-0.15, -0.1) is 0 Å². The Morgan fingerprint density at radius 3 is 3.00 bits per heavy atom. The molecular formula is C6H9N3OS3. The lowest BCUT2D eigenvalue weighted by molar-refractivity contribution is -0.118. The van der Waals surface area contributed by atoms with Crippen LogP contribution in [-0.2, 0) is 4.79 Å². The Labute approximate surface area is 89.1 Å². The molecule has 13 heavy (non-hydrogen) atoms. The van der Waals surface area contributed by atoms with Gasteiger partial charge in [-0.25, -0.2) is 4.98 Å². The van der Waals surface area contributed by atoms with Crippen molar-refractivity contribution in [1.82, 2.24) is 14.7 Å². The van der Waals surface area contributed by atoms with E-state index in [-0.39, 0.29) is 5.91 Å². The van der Waals surface area contributed by atoms with Crippen molar-refractivity contribution in [3.8, 4) is 0 Å². The lowest BCUT2D eigenvalue weighted by Gasteiger charge is -1.94. The molecule has 1 aromatic heterocycles. The SMILES string of the molecule is CNC(=O)CSc1nc(SC)ns1. The van der Waals surface area contributed by atoms with Crippen LogP contribution >= 0.6 is 35.1 Å². The minimum atomic E-state index is 0.00546. The highest BCUT2D eigenvalue weighted by Gasteiger charge is 2.05. The summed E-state index contributed by atoms with van der Waals surface area (Å²) in [7, 11) is 1.62. The topological polar surface area (TPSA) is 54.9 Å². The first-order valence-electron chi connectivity index (χ1n) is 3.47. The monoisotopic (exact) mass is 235 g/mol. The van der Waals surface area contributed by atoms with E-state index < -0.39 is 0 Å². The number of rotatable bonds is 4. The van der Waals surface area contributed by atoms with Gasteiger partial charge < -0.3 is 5.32 Å². The maximum atomic E-state index is 10.9. The molecule has 0 saturated heterocycles. The lowest BCUT2D eigenvalue weighted by atomic mass is 10.7. The number of nitrogens with zero attached hydrogens (tertiary/aromatic N) is 2. The third-order valence-electron chi connectivity index (χ3n) is 1.18. The molecule has 7 heteroatoms. The van der Waals surface area contributed by atoms with Crippen molar-refractivity contribution >= 4 is 41.0 Å². The van der Waals surface area contributed by atoms with Crippen LogP contribution in [0.15, 0.2) is 9.50 Å². The van der Waals surface area contributed by atoms with Crippen LogP contribution in [0.4, 0.5) is 0 Å². The number of carbonyl (C=O) groups excluding carboxylic acids is 1. The third-order valence-corrected chi connectivity index (χ3v) is 3.67. The summed E-state index contributed by atoms with van der Waals surface area (Å²) in [6.07, 6.45) is 1.93. The number of carbonyl (C=O) groups is 1. The van der Waals surface area contributed by atoms with Crippen LogP contribution in [0.3, 0.4) is 0 Å². The Kier molecular flexibility index (Phi) is 4.54. The molecule has 4 nitrogen and oxygen atoms in total. The molecule has 0 aliphatic rings. The number of nitrogens with one attached hydrogen (secondary N) is 1. The maximum absolute atomic E-state index is 10.9. The van der Waals surface area contributed by atoms with Crippen molar-refractivity contribution in [1.29, 1.82) is 0 Å². The Morgan fingerprint density at radius 1 is 1.69 bits per heavy atom. The molecule has 0 bridgehead atoms. The van der Waals surface area contributed by atoms with Crippen molar-refractivity contribution in [2.75, 3.05) is 19.1 Å². The fourth-order valence-electron chi connectivity index (χ4n) is 0.538. The van der Waals surface area contributed by atoms with Gasteiger partial charge in [-0.1, -0.05) is 23.5 Å². The first kappa shape index (κ1) is 10.8. The highest BCUT2D eigenvalue weighted by molar-refractivity contribution is 8.01. The van der Waals surface area contributed by atoms with E-state index in [1.165, 1.54) is 35.1 Å².